The molecule has 2 aromatic rings. The number of carbonyl (C=O) groups is 1. The van der Waals surface area contributed by atoms with Crippen LogP contribution in [0.25, 0.3) is 0 Å². The molecule has 0 spiro atoms. The molecule has 0 saturated carbocycles. The number of hydrogen-bond acceptors (Lipinski definition) is 4. The average Bonchev–Trinajstić information content (AvgIpc) is 2.82. The van der Waals surface area contributed by atoms with Crippen LogP contribution in [0.15, 0.2) is 28.8 Å². The topological polar surface area (TPSA) is 64.4 Å². The van der Waals surface area contributed by atoms with Gasteiger partial charge in [-0.3, -0.25) is 4.79 Å². The molecular weight excluding hydrogens is 280 g/mol. The Kier molecular flexibility index (Phi) is 5.20. The molecule has 0 aliphatic carbocycles. The molecular formula is C17H22N2O3. The molecule has 1 N–H and O–H groups in total. The molecule has 0 saturated heterocycles. The van der Waals surface area contributed by atoms with Crippen molar-refractivity contribution in [1.82, 2.24) is 10.5 Å². The molecule has 118 valence electrons. The van der Waals surface area contributed by atoms with E-state index in [9.17, 15) is 4.79 Å². The molecule has 0 bridgehead atoms. The molecule has 5 heteroatoms. The van der Waals surface area contributed by atoms with Crippen LogP contribution in [0.5, 0.6) is 5.75 Å². The molecule has 1 amide bonds. The van der Waals surface area contributed by atoms with E-state index in [1.807, 2.05) is 26.0 Å². The number of rotatable bonds is 6. The summed E-state index contributed by atoms with van der Waals surface area (Å²) in [5.41, 5.74) is 2.36. The Morgan fingerprint density at radius 3 is 2.77 bits per heavy atom. The number of amides is 1. The first-order valence-electron chi connectivity index (χ1n) is 7.40. The summed E-state index contributed by atoms with van der Waals surface area (Å²) in [6, 6.07) is 7.16. The van der Waals surface area contributed by atoms with Gasteiger partial charge in [-0.1, -0.05) is 25.1 Å². The maximum Gasteiger partial charge on any atom is 0.251 e. The van der Waals surface area contributed by atoms with E-state index in [0.29, 0.717) is 30.4 Å². The molecule has 0 fully saturated rings. The van der Waals surface area contributed by atoms with Gasteiger partial charge in [0.15, 0.2) is 0 Å². The van der Waals surface area contributed by atoms with Gasteiger partial charge in [0.05, 0.1) is 11.3 Å². The van der Waals surface area contributed by atoms with Crippen LogP contribution in [-0.4, -0.2) is 17.6 Å². The van der Waals surface area contributed by atoms with Gasteiger partial charge in [0.2, 0.25) is 0 Å². The molecule has 0 aliphatic rings. The van der Waals surface area contributed by atoms with Crippen molar-refractivity contribution in [3.8, 4) is 5.75 Å². The lowest BCUT2D eigenvalue weighted by Gasteiger charge is -2.10. The fourth-order valence-corrected chi connectivity index (χ4v) is 1.99. The first-order valence-corrected chi connectivity index (χ1v) is 7.40. The van der Waals surface area contributed by atoms with Crippen LogP contribution >= 0.6 is 0 Å². The van der Waals surface area contributed by atoms with Crippen molar-refractivity contribution in [3.63, 3.8) is 0 Å². The summed E-state index contributed by atoms with van der Waals surface area (Å²) < 4.78 is 10.9. The second-order valence-electron chi connectivity index (χ2n) is 5.72. The van der Waals surface area contributed by atoms with E-state index < -0.39 is 0 Å². The first kappa shape index (κ1) is 16.1. The van der Waals surface area contributed by atoms with Crippen LogP contribution in [0, 0.1) is 19.8 Å². The van der Waals surface area contributed by atoms with E-state index in [2.05, 4.69) is 24.3 Å². The van der Waals surface area contributed by atoms with Crippen molar-refractivity contribution in [2.75, 3.05) is 6.54 Å². The second-order valence-corrected chi connectivity index (χ2v) is 5.72. The Morgan fingerprint density at radius 1 is 1.36 bits per heavy atom. The van der Waals surface area contributed by atoms with Gasteiger partial charge in [-0.15, -0.1) is 0 Å². The van der Waals surface area contributed by atoms with E-state index in [1.54, 1.807) is 12.1 Å². The maximum atomic E-state index is 12.1. The Morgan fingerprint density at radius 2 is 2.14 bits per heavy atom. The SMILES string of the molecule is Cc1noc(C)c1COc1cccc(C(=O)NCC(C)C)c1. The number of nitrogens with zero attached hydrogens (tertiary/aromatic N) is 1. The minimum Gasteiger partial charge on any atom is -0.489 e. The van der Waals surface area contributed by atoms with Crippen molar-refractivity contribution < 1.29 is 14.1 Å². The largest absolute Gasteiger partial charge is 0.489 e. The molecule has 0 atom stereocenters. The average molecular weight is 302 g/mol. The van der Waals surface area contributed by atoms with Gasteiger partial charge in [-0.05, 0) is 38.0 Å². The van der Waals surface area contributed by atoms with Crippen LogP contribution in [0.3, 0.4) is 0 Å². The number of nitrogens with one attached hydrogen (secondary N) is 1. The van der Waals surface area contributed by atoms with E-state index in [0.717, 1.165) is 17.0 Å². The summed E-state index contributed by atoms with van der Waals surface area (Å²) in [6.07, 6.45) is 0. The summed E-state index contributed by atoms with van der Waals surface area (Å²) in [6.45, 7) is 8.88. The van der Waals surface area contributed by atoms with Crippen molar-refractivity contribution in [1.29, 1.82) is 0 Å². The molecule has 5 nitrogen and oxygen atoms in total. The molecule has 1 aromatic carbocycles. The Labute approximate surface area is 130 Å². The van der Waals surface area contributed by atoms with Crippen molar-refractivity contribution in [2.24, 2.45) is 5.92 Å². The summed E-state index contributed by atoms with van der Waals surface area (Å²) in [7, 11) is 0. The minimum absolute atomic E-state index is 0.0866. The van der Waals surface area contributed by atoms with Crippen LogP contribution in [0.1, 0.15) is 41.2 Å². The summed E-state index contributed by atoms with van der Waals surface area (Å²) in [5.74, 6) is 1.74. The Hall–Kier alpha value is -2.30. The monoisotopic (exact) mass is 302 g/mol. The molecule has 1 heterocycles. The molecule has 2 rings (SSSR count). The van der Waals surface area contributed by atoms with Gasteiger partial charge in [0.25, 0.3) is 5.91 Å². The van der Waals surface area contributed by atoms with Crippen LogP contribution in [0.2, 0.25) is 0 Å². The zero-order valence-electron chi connectivity index (χ0n) is 13.5. The van der Waals surface area contributed by atoms with Gasteiger partial charge in [-0.2, -0.15) is 0 Å². The standard InChI is InChI=1S/C17H22N2O3/c1-11(2)9-18-17(20)14-6-5-7-15(8-14)21-10-16-12(3)19-22-13(16)4/h5-8,11H,9-10H2,1-4H3,(H,18,20). The second kappa shape index (κ2) is 7.11. The molecule has 0 unspecified atom stereocenters. The lowest BCUT2D eigenvalue weighted by molar-refractivity contribution is 0.0948. The smallest absolute Gasteiger partial charge is 0.251 e. The number of hydrogen-bond donors (Lipinski definition) is 1. The van der Waals surface area contributed by atoms with Crippen LogP contribution in [-0.2, 0) is 6.61 Å². The maximum absolute atomic E-state index is 12.1. The highest BCUT2D eigenvalue weighted by Gasteiger charge is 2.11. The summed E-state index contributed by atoms with van der Waals surface area (Å²) >= 11 is 0. The zero-order chi connectivity index (χ0) is 16.1. The molecule has 0 aliphatic heterocycles. The molecule has 22 heavy (non-hydrogen) atoms. The van der Waals surface area contributed by atoms with E-state index in [-0.39, 0.29) is 5.91 Å². The zero-order valence-corrected chi connectivity index (χ0v) is 13.5. The highest BCUT2D eigenvalue weighted by atomic mass is 16.5. The predicted molar refractivity (Wildman–Crippen MR) is 83.9 cm³/mol. The third-order valence-electron chi connectivity index (χ3n) is 3.33. The van der Waals surface area contributed by atoms with Crippen molar-refractivity contribution in [2.45, 2.75) is 34.3 Å². The van der Waals surface area contributed by atoms with Crippen LogP contribution < -0.4 is 10.1 Å². The van der Waals surface area contributed by atoms with Gasteiger partial charge in [0.1, 0.15) is 18.1 Å². The van der Waals surface area contributed by atoms with Gasteiger partial charge >= 0.3 is 0 Å². The number of aromatic nitrogens is 1. The minimum atomic E-state index is -0.0866. The van der Waals surface area contributed by atoms with Gasteiger partial charge in [0, 0.05) is 12.1 Å². The van der Waals surface area contributed by atoms with Crippen molar-refractivity contribution in [3.05, 3.63) is 46.8 Å². The third-order valence-corrected chi connectivity index (χ3v) is 3.33. The summed E-state index contributed by atoms with van der Waals surface area (Å²) in [5, 5.41) is 6.79. The fourth-order valence-electron chi connectivity index (χ4n) is 1.99. The van der Waals surface area contributed by atoms with E-state index >= 15 is 0 Å². The number of carbonyl (C=O) groups excluding carboxylic acids is 1. The van der Waals surface area contributed by atoms with E-state index in [1.165, 1.54) is 0 Å². The highest BCUT2D eigenvalue weighted by molar-refractivity contribution is 5.94. The fraction of sp³-hybridized carbons (Fsp3) is 0.412. The lowest BCUT2D eigenvalue weighted by Crippen LogP contribution is -2.27. The number of ether oxygens (including phenoxy) is 1. The molecule has 1 aromatic heterocycles. The molecule has 0 radical (unpaired) electrons. The number of aryl methyl sites for hydroxylation is 2. The number of benzene rings is 1. The predicted octanol–water partition coefficient (Wildman–Crippen LogP) is 3.26. The highest BCUT2D eigenvalue weighted by Crippen LogP contribution is 2.18. The Bertz CT molecular complexity index is 628. The van der Waals surface area contributed by atoms with Gasteiger partial charge in [-0.25, -0.2) is 0 Å². The normalized spacial score (nSPS) is 10.8. The summed E-state index contributed by atoms with van der Waals surface area (Å²) in [4.78, 5) is 12.1. The lowest BCUT2D eigenvalue weighted by atomic mass is 10.1. The van der Waals surface area contributed by atoms with Crippen molar-refractivity contribution >= 4 is 5.91 Å². The van der Waals surface area contributed by atoms with Crippen LogP contribution in [0.4, 0.5) is 0 Å². The third kappa shape index (κ3) is 4.10. The first-order chi connectivity index (χ1) is 10.5. The Balaban J connectivity index is 2.01. The quantitative estimate of drug-likeness (QED) is 0.889. The van der Waals surface area contributed by atoms with Gasteiger partial charge < -0.3 is 14.6 Å². The van der Waals surface area contributed by atoms with E-state index in [4.69, 9.17) is 9.26 Å².